The quantitative estimate of drug-likeness (QED) is 0.720. The first-order chi connectivity index (χ1) is 6.25. The summed E-state index contributed by atoms with van der Waals surface area (Å²) in [5, 5.41) is 3.49. The third-order valence-corrected chi connectivity index (χ3v) is 2.50. The number of hydrogen-bond donors (Lipinski definition) is 2. The van der Waals surface area contributed by atoms with Crippen LogP contribution < -0.4 is 11.1 Å². The second kappa shape index (κ2) is 3.38. The van der Waals surface area contributed by atoms with Gasteiger partial charge in [0.15, 0.2) is 0 Å². The van der Waals surface area contributed by atoms with Gasteiger partial charge < -0.3 is 11.1 Å². The van der Waals surface area contributed by atoms with E-state index in [1.54, 1.807) is 0 Å². The van der Waals surface area contributed by atoms with Crippen LogP contribution in [0.2, 0.25) is 0 Å². The van der Waals surface area contributed by atoms with Crippen LogP contribution in [0.25, 0.3) is 0 Å². The molecule has 1 aromatic carbocycles. The average Bonchev–Trinajstić information content (AvgIpc) is 2.44. The van der Waals surface area contributed by atoms with E-state index in [4.69, 9.17) is 5.73 Å². The van der Waals surface area contributed by atoms with Crippen molar-refractivity contribution in [3.8, 4) is 0 Å². The Hall–Kier alpha value is -1.02. The highest BCUT2D eigenvalue weighted by Gasteiger charge is 2.20. The number of benzene rings is 1. The third-order valence-electron chi connectivity index (χ3n) is 2.50. The molecular formula is C11H16N2. The molecule has 2 heteroatoms. The van der Waals surface area contributed by atoms with E-state index in [1.807, 2.05) is 0 Å². The van der Waals surface area contributed by atoms with Gasteiger partial charge in [-0.2, -0.15) is 0 Å². The van der Waals surface area contributed by atoms with Crippen molar-refractivity contribution in [1.82, 2.24) is 0 Å². The van der Waals surface area contributed by atoms with Gasteiger partial charge in [0.2, 0.25) is 0 Å². The molecule has 0 spiro atoms. The van der Waals surface area contributed by atoms with Crippen LogP contribution >= 0.6 is 0 Å². The van der Waals surface area contributed by atoms with Gasteiger partial charge in [0.05, 0.1) is 0 Å². The highest BCUT2D eigenvalue weighted by atomic mass is 15.0. The van der Waals surface area contributed by atoms with Crippen LogP contribution in [0.5, 0.6) is 0 Å². The van der Waals surface area contributed by atoms with Crippen molar-refractivity contribution in [2.24, 2.45) is 5.73 Å². The van der Waals surface area contributed by atoms with Crippen molar-refractivity contribution in [3.05, 3.63) is 29.8 Å². The number of para-hydroxylation sites is 1. The first-order valence-electron chi connectivity index (χ1n) is 4.86. The lowest BCUT2D eigenvalue weighted by Gasteiger charge is -2.13. The van der Waals surface area contributed by atoms with Crippen molar-refractivity contribution in [3.63, 3.8) is 0 Å². The zero-order valence-corrected chi connectivity index (χ0v) is 7.96. The first-order valence-corrected chi connectivity index (χ1v) is 4.86. The Morgan fingerprint density at radius 2 is 2.31 bits per heavy atom. The Bertz CT molecular complexity index is 269. The lowest BCUT2D eigenvalue weighted by molar-refractivity contribution is 0.587. The normalized spacial score (nSPS) is 22.2. The summed E-state index contributed by atoms with van der Waals surface area (Å²) in [6, 6.07) is 9.30. The molecule has 1 aromatic rings. The molecule has 70 valence electrons. The van der Waals surface area contributed by atoms with Gasteiger partial charge in [0.1, 0.15) is 0 Å². The minimum absolute atomic E-state index is 0.284. The molecule has 0 amide bonds. The molecule has 1 aliphatic heterocycles. The predicted octanol–water partition coefficient (Wildman–Crippen LogP) is 1.76. The van der Waals surface area contributed by atoms with Crippen molar-refractivity contribution in [2.45, 2.75) is 31.8 Å². The molecule has 3 N–H and O–H groups in total. The zero-order valence-electron chi connectivity index (χ0n) is 7.96. The van der Waals surface area contributed by atoms with Crippen molar-refractivity contribution in [2.75, 3.05) is 5.32 Å². The van der Waals surface area contributed by atoms with Crippen molar-refractivity contribution >= 4 is 5.69 Å². The lowest BCUT2D eigenvalue weighted by Crippen LogP contribution is -2.26. The Labute approximate surface area is 79.1 Å². The third kappa shape index (κ3) is 1.83. The molecule has 2 rings (SSSR count). The summed E-state index contributed by atoms with van der Waals surface area (Å²) in [5.74, 6) is 0. The maximum Gasteiger partial charge on any atom is 0.0375 e. The second-order valence-electron chi connectivity index (χ2n) is 3.92. The van der Waals surface area contributed by atoms with Gasteiger partial charge in [-0.1, -0.05) is 18.2 Å². The number of anilines is 1. The average molecular weight is 176 g/mol. The number of hydrogen-bond acceptors (Lipinski definition) is 2. The van der Waals surface area contributed by atoms with Crippen LogP contribution in [0, 0.1) is 0 Å². The Morgan fingerprint density at radius 3 is 3.00 bits per heavy atom. The Morgan fingerprint density at radius 1 is 1.54 bits per heavy atom. The molecule has 0 aromatic heterocycles. The van der Waals surface area contributed by atoms with E-state index >= 15 is 0 Å². The number of rotatable bonds is 2. The van der Waals surface area contributed by atoms with Crippen molar-refractivity contribution in [1.29, 1.82) is 0 Å². The predicted molar refractivity (Wildman–Crippen MR) is 55.8 cm³/mol. The van der Waals surface area contributed by atoms with Gasteiger partial charge >= 0.3 is 0 Å². The van der Waals surface area contributed by atoms with Crippen molar-refractivity contribution < 1.29 is 0 Å². The van der Waals surface area contributed by atoms with Gasteiger partial charge in [0.25, 0.3) is 0 Å². The first kappa shape index (κ1) is 8.57. The summed E-state index contributed by atoms with van der Waals surface area (Å²) in [5.41, 5.74) is 8.48. The maximum absolute atomic E-state index is 5.77. The summed E-state index contributed by atoms with van der Waals surface area (Å²) in [7, 11) is 0. The zero-order chi connectivity index (χ0) is 9.26. The van der Waals surface area contributed by atoms with Crippen LogP contribution in [0.15, 0.2) is 24.3 Å². The molecule has 2 nitrogen and oxygen atoms in total. The van der Waals surface area contributed by atoms with E-state index in [1.165, 1.54) is 11.3 Å². The van der Waals surface area contributed by atoms with Crippen LogP contribution in [-0.2, 0) is 6.42 Å². The smallest absolute Gasteiger partial charge is 0.0375 e. The van der Waals surface area contributed by atoms with E-state index in [0.29, 0.717) is 6.04 Å². The van der Waals surface area contributed by atoms with E-state index in [0.717, 1.165) is 12.8 Å². The minimum atomic E-state index is 0.284. The van der Waals surface area contributed by atoms with Gasteiger partial charge in [-0.3, -0.25) is 0 Å². The fourth-order valence-corrected chi connectivity index (χ4v) is 1.97. The second-order valence-corrected chi connectivity index (χ2v) is 3.92. The fourth-order valence-electron chi connectivity index (χ4n) is 1.97. The number of fused-ring (bicyclic) bond motifs is 1. The van der Waals surface area contributed by atoms with Crippen LogP contribution in [0.1, 0.15) is 18.9 Å². The molecule has 0 radical (unpaired) electrons. The summed E-state index contributed by atoms with van der Waals surface area (Å²) in [6.07, 6.45) is 2.17. The standard InChI is InChI=1S/C11H16N2/c1-8(12)6-10-7-9-4-2-3-5-11(9)13-10/h2-5,8,10,13H,6-7,12H2,1H3. The fraction of sp³-hybridized carbons (Fsp3) is 0.455. The van der Waals surface area contributed by atoms with E-state index in [9.17, 15) is 0 Å². The highest BCUT2D eigenvalue weighted by Crippen LogP contribution is 2.26. The molecule has 0 saturated heterocycles. The summed E-state index contributed by atoms with van der Waals surface area (Å²) in [4.78, 5) is 0. The summed E-state index contributed by atoms with van der Waals surface area (Å²) < 4.78 is 0. The van der Waals surface area contributed by atoms with Crippen LogP contribution in [0.4, 0.5) is 5.69 Å². The molecule has 0 fully saturated rings. The molecule has 0 aliphatic carbocycles. The number of nitrogens with two attached hydrogens (primary N) is 1. The van der Waals surface area contributed by atoms with Gasteiger partial charge in [-0.15, -0.1) is 0 Å². The Balaban J connectivity index is 2.05. The maximum atomic E-state index is 5.77. The summed E-state index contributed by atoms with van der Waals surface area (Å²) >= 11 is 0. The van der Waals surface area contributed by atoms with E-state index in [-0.39, 0.29) is 6.04 Å². The minimum Gasteiger partial charge on any atom is -0.382 e. The lowest BCUT2D eigenvalue weighted by atomic mass is 10.0. The molecule has 13 heavy (non-hydrogen) atoms. The largest absolute Gasteiger partial charge is 0.382 e. The molecule has 0 bridgehead atoms. The molecule has 0 saturated carbocycles. The SMILES string of the molecule is CC(N)CC1Cc2ccccc2N1. The van der Waals surface area contributed by atoms with Gasteiger partial charge in [-0.05, 0) is 31.4 Å². The van der Waals surface area contributed by atoms with Crippen LogP contribution in [-0.4, -0.2) is 12.1 Å². The highest BCUT2D eigenvalue weighted by molar-refractivity contribution is 5.56. The Kier molecular flexibility index (Phi) is 2.23. The molecule has 2 unspecified atom stereocenters. The topological polar surface area (TPSA) is 38.0 Å². The van der Waals surface area contributed by atoms with E-state index < -0.39 is 0 Å². The van der Waals surface area contributed by atoms with E-state index in [2.05, 4.69) is 36.5 Å². The molecular weight excluding hydrogens is 160 g/mol. The molecule has 2 atom stereocenters. The number of nitrogens with one attached hydrogen (secondary N) is 1. The summed E-state index contributed by atoms with van der Waals surface area (Å²) in [6.45, 7) is 2.06. The van der Waals surface area contributed by atoms with Gasteiger partial charge in [-0.25, -0.2) is 0 Å². The van der Waals surface area contributed by atoms with Crippen LogP contribution in [0.3, 0.4) is 0 Å². The monoisotopic (exact) mass is 176 g/mol. The van der Waals surface area contributed by atoms with Gasteiger partial charge in [0, 0.05) is 17.8 Å². The molecule has 1 aliphatic rings. The molecule has 1 heterocycles.